The Balaban J connectivity index is 1.08. The highest BCUT2D eigenvalue weighted by molar-refractivity contribution is 5.94. The number of benzene rings is 2. The van der Waals surface area contributed by atoms with Crippen LogP contribution in [0.5, 0.6) is 0 Å². The van der Waals surface area contributed by atoms with Gasteiger partial charge in [-0.2, -0.15) is 15.1 Å². The fraction of sp³-hybridized carbons (Fsp3) is 0.419. The van der Waals surface area contributed by atoms with Crippen molar-refractivity contribution < 1.29 is 27.5 Å². The Kier molecular flexibility index (Phi) is 9.56. The molecule has 6 aromatic rings. The molecule has 18 heteroatoms. The van der Waals surface area contributed by atoms with Crippen molar-refractivity contribution in [2.45, 2.75) is 76.3 Å². The number of piperidine rings is 1. The van der Waals surface area contributed by atoms with E-state index in [0.717, 1.165) is 24.4 Å². The molecule has 6 bridgehead atoms. The van der Waals surface area contributed by atoms with E-state index in [-0.39, 0.29) is 47.8 Å². The number of nitrogens with one attached hydrogen (secondary N) is 1. The summed E-state index contributed by atoms with van der Waals surface area (Å²) >= 11 is 0. The normalized spacial score (nSPS) is 22.7. The topological polar surface area (TPSA) is 143 Å². The van der Waals surface area contributed by atoms with Gasteiger partial charge in [0.05, 0.1) is 53.0 Å². The summed E-state index contributed by atoms with van der Waals surface area (Å²) in [5.41, 5.74) is 2.64. The van der Waals surface area contributed by atoms with Crippen molar-refractivity contribution in [1.29, 1.82) is 0 Å². The molecule has 0 saturated carbocycles. The molecule has 5 atom stereocenters. The number of methoxy groups -OCH3 is 1. The van der Waals surface area contributed by atoms with Crippen LogP contribution in [0, 0.1) is 24.4 Å². The zero-order valence-electron chi connectivity index (χ0n) is 34.2. The van der Waals surface area contributed by atoms with Gasteiger partial charge in [0.1, 0.15) is 40.8 Å². The minimum absolute atomic E-state index is 0.00493. The molecule has 2 amide bonds. The van der Waals surface area contributed by atoms with Gasteiger partial charge in [-0.05, 0) is 56.5 Å². The number of amides is 2. The lowest BCUT2D eigenvalue weighted by Gasteiger charge is -2.56. The molecule has 9 heterocycles. The Morgan fingerprint density at radius 1 is 0.934 bits per heavy atom. The standard InChI is InChI=1S/C43H45F3N12O3/c1-5-7-38(59)54-19-27-16-28(20-54)57(27)43-51-40(31-17-47-58(41(31)52-43)35-11-10-24(44)13-32(35)46)56-18-26-15-36(56)42(60)53(3)21-29(61-4)22-55-23(2)48-34-14-25(45)12-30(39(34)55)33-8-6-9-37(49-26)50-33/h6,8-14,17,26-29,36H,5,7,15-16,18-22H2,1-4H3,(H,49,50). The minimum Gasteiger partial charge on any atom is -0.378 e. The van der Waals surface area contributed by atoms with E-state index in [0.29, 0.717) is 84.6 Å². The van der Waals surface area contributed by atoms with E-state index in [9.17, 15) is 14.0 Å². The van der Waals surface area contributed by atoms with Gasteiger partial charge < -0.3 is 34.2 Å². The Morgan fingerprint density at radius 3 is 2.52 bits per heavy atom. The van der Waals surface area contributed by atoms with Crippen LogP contribution in [0.4, 0.5) is 30.8 Å². The van der Waals surface area contributed by atoms with Crippen LogP contribution in [-0.2, 0) is 20.9 Å². The summed E-state index contributed by atoms with van der Waals surface area (Å²) in [5, 5.41) is 8.60. The molecule has 4 saturated heterocycles. The number of aryl methyl sites for hydroxylation is 1. The monoisotopic (exact) mass is 834 g/mol. The first-order valence-electron chi connectivity index (χ1n) is 20.7. The van der Waals surface area contributed by atoms with E-state index in [2.05, 4.69) is 15.3 Å². The van der Waals surface area contributed by atoms with Gasteiger partial charge in [-0.3, -0.25) is 9.59 Å². The number of nitrogens with zero attached hydrogens (tertiary/aromatic N) is 11. The van der Waals surface area contributed by atoms with Crippen molar-refractivity contribution >= 4 is 51.5 Å². The number of carbonyl (C=O) groups is 2. The Hall–Kier alpha value is -6.30. The summed E-state index contributed by atoms with van der Waals surface area (Å²) in [5.74, 6) is -0.0208. The third kappa shape index (κ3) is 6.67. The van der Waals surface area contributed by atoms with Crippen molar-refractivity contribution in [3.05, 3.63) is 78.0 Å². The van der Waals surface area contributed by atoms with Gasteiger partial charge in [0, 0.05) is 70.5 Å². The zero-order chi connectivity index (χ0) is 42.3. The van der Waals surface area contributed by atoms with Crippen LogP contribution < -0.4 is 15.1 Å². The Bertz CT molecular complexity index is 2710. The first-order valence-corrected chi connectivity index (χ1v) is 20.7. The molecule has 5 unspecified atom stereocenters. The number of fused-ring (bicyclic) bond motifs is 8. The smallest absolute Gasteiger partial charge is 0.245 e. The van der Waals surface area contributed by atoms with Crippen LogP contribution in [0.15, 0.2) is 54.7 Å². The van der Waals surface area contributed by atoms with Crippen molar-refractivity contribution in [2.75, 3.05) is 55.5 Å². The van der Waals surface area contributed by atoms with E-state index < -0.39 is 29.6 Å². The second kappa shape index (κ2) is 15.0. The van der Waals surface area contributed by atoms with Gasteiger partial charge in [-0.15, -0.1) is 0 Å². The molecule has 5 aliphatic rings. The average molecular weight is 835 g/mol. The summed E-state index contributed by atoms with van der Waals surface area (Å²) in [6, 6.07) is 10.6. The lowest BCUT2D eigenvalue weighted by atomic mass is 9.87. The molecule has 5 aliphatic heterocycles. The molecule has 15 nitrogen and oxygen atoms in total. The molecule has 316 valence electrons. The highest BCUT2D eigenvalue weighted by Crippen LogP contribution is 2.40. The molecule has 2 aromatic carbocycles. The lowest BCUT2D eigenvalue weighted by molar-refractivity contribution is -0.134. The number of likely N-dealkylation sites (N-methyl/N-ethyl adjacent to an activating group) is 1. The third-order valence-electron chi connectivity index (χ3n) is 12.6. The van der Waals surface area contributed by atoms with Crippen LogP contribution in [0.3, 0.4) is 0 Å². The number of aromatic nitrogens is 7. The molecule has 4 aromatic heterocycles. The van der Waals surface area contributed by atoms with E-state index in [4.69, 9.17) is 24.7 Å². The summed E-state index contributed by atoms with van der Waals surface area (Å²) < 4.78 is 54.1. The van der Waals surface area contributed by atoms with Crippen molar-refractivity contribution in [1.82, 2.24) is 44.1 Å². The summed E-state index contributed by atoms with van der Waals surface area (Å²) in [6.45, 7) is 5.77. The van der Waals surface area contributed by atoms with Crippen LogP contribution in [0.1, 0.15) is 38.4 Å². The predicted octanol–water partition coefficient (Wildman–Crippen LogP) is 5.09. The average Bonchev–Trinajstić information content (AvgIpc) is 3.94. The molecular weight excluding hydrogens is 790 g/mol. The number of anilines is 3. The molecule has 11 rings (SSSR count). The first kappa shape index (κ1) is 38.9. The Morgan fingerprint density at radius 2 is 1.75 bits per heavy atom. The number of piperazine rings is 1. The molecule has 0 aliphatic carbocycles. The molecular formula is C43H45F3N12O3. The Labute approximate surface area is 349 Å². The van der Waals surface area contributed by atoms with Crippen molar-refractivity contribution in [3.8, 4) is 16.9 Å². The van der Waals surface area contributed by atoms with Crippen LogP contribution in [0.25, 0.3) is 39.0 Å². The van der Waals surface area contributed by atoms with Gasteiger partial charge in [0.2, 0.25) is 17.8 Å². The van der Waals surface area contributed by atoms with Crippen molar-refractivity contribution in [2.24, 2.45) is 0 Å². The lowest BCUT2D eigenvalue weighted by Crippen LogP contribution is -2.70. The van der Waals surface area contributed by atoms with Gasteiger partial charge in [0.25, 0.3) is 0 Å². The molecule has 1 N–H and O–H groups in total. The highest BCUT2D eigenvalue weighted by atomic mass is 19.1. The number of hydrogen-bond acceptors (Lipinski definition) is 11. The number of pyridine rings is 1. The second-order valence-electron chi connectivity index (χ2n) is 16.6. The predicted molar refractivity (Wildman–Crippen MR) is 222 cm³/mol. The van der Waals surface area contributed by atoms with Gasteiger partial charge in [-0.25, -0.2) is 27.8 Å². The van der Waals surface area contributed by atoms with Gasteiger partial charge in [0.15, 0.2) is 11.5 Å². The third-order valence-corrected chi connectivity index (χ3v) is 12.6. The summed E-state index contributed by atoms with van der Waals surface area (Å²) in [4.78, 5) is 55.3. The van der Waals surface area contributed by atoms with E-state index in [1.54, 1.807) is 25.3 Å². The highest BCUT2D eigenvalue weighted by Gasteiger charge is 2.48. The fourth-order valence-electron chi connectivity index (χ4n) is 9.67. The fourth-order valence-corrected chi connectivity index (χ4v) is 9.67. The number of carbonyl (C=O) groups excluding carboxylic acids is 2. The number of ether oxygens (including phenoxy) is 1. The van der Waals surface area contributed by atoms with Crippen LogP contribution in [-0.4, -0.2) is 127 Å². The molecule has 0 radical (unpaired) electrons. The largest absolute Gasteiger partial charge is 0.378 e. The summed E-state index contributed by atoms with van der Waals surface area (Å²) in [7, 11) is 3.35. The quantitative estimate of drug-likeness (QED) is 0.240. The molecule has 61 heavy (non-hydrogen) atoms. The summed E-state index contributed by atoms with van der Waals surface area (Å²) in [6.07, 6.45) is 3.55. The molecule has 4 fully saturated rings. The number of rotatable bonds is 6. The maximum atomic E-state index is 15.5. The zero-order valence-corrected chi connectivity index (χ0v) is 34.2. The maximum Gasteiger partial charge on any atom is 0.245 e. The number of imidazole rings is 1. The van der Waals surface area contributed by atoms with Crippen molar-refractivity contribution in [3.63, 3.8) is 0 Å². The minimum atomic E-state index is -0.815. The number of halogens is 3. The van der Waals surface area contributed by atoms with Crippen LogP contribution in [0.2, 0.25) is 0 Å². The molecule has 0 spiro atoms. The van der Waals surface area contributed by atoms with E-state index in [1.807, 2.05) is 46.4 Å². The maximum absolute atomic E-state index is 15.5. The SMILES string of the molecule is CCCC(=O)N1CC2CC(C1)N2c1nc(N2CC3CC2C(=O)N(C)CC(OC)Cn2c(C)nc4cc(F)cc(c42)-c2cccc(n2)N3)c2cnn(-c3ccc(F)cc3F)c2n1. The number of hydrogen-bond donors (Lipinski definition) is 1. The van der Waals surface area contributed by atoms with Gasteiger partial charge in [-0.1, -0.05) is 13.0 Å². The second-order valence-corrected chi connectivity index (χ2v) is 16.6. The first-order chi connectivity index (χ1) is 29.5. The van der Waals surface area contributed by atoms with Crippen LogP contribution >= 0.6 is 0 Å². The van der Waals surface area contributed by atoms with E-state index >= 15 is 8.78 Å². The van der Waals surface area contributed by atoms with Gasteiger partial charge >= 0.3 is 0 Å². The van der Waals surface area contributed by atoms with E-state index in [1.165, 1.54) is 28.9 Å².